The van der Waals surface area contributed by atoms with Gasteiger partial charge in [-0.1, -0.05) is 17.7 Å². The molecule has 0 aromatic heterocycles. The van der Waals surface area contributed by atoms with Gasteiger partial charge in [0.05, 0.1) is 17.7 Å². The Labute approximate surface area is 88.3 Å². The standard InChI is InChI=1S/C10H11ClNO2/c1-3-14-12-10(13-2)8-6-4-5-7-9(8)11/h5-7H,3H2,1-2H3/b12-10-. The molecule has 0 unspecified atom stereocenters. The van der Waals surface area contributed by atoms with E-state index in [0.717, 1.165) is 0 Å². The Morgan fingerprint density at radius 1 is 1.64 bits per heavy atom. The van der Waals surface area contributed by atoms with Crippen LogP contribution in [0.2, 0.25) is 5.02 Å². The van der Waals surface area contributed by atoms with Gasteiger partial charge in [0.1, 0.15) is 6.61 Å². The molecule has 0 spiro atoms. The fourth-order valence-corrected chi connectivity index (χ4v) is 1.09. The predicted octanol–water partition coefficient (Wildman–Crippen LogP) is 2.48. The average Bonchev–Trinajstić information content (AvgIpc) is 2.21. The van der Waals surface area contributed by atoms with Crippen molar-refractivity contribution in [2.45, 2.75) is 6.92 Å². The fraction of sp³-hybridized carbons (Fsp3) is 0.300. The van der Waals surface area contributed by atoms with E-state index in [4.69, 9.17) is 21.2 Å². The van der Waals surface area contributed by atoms with Gasteiger partial charge in [0.15, 0.2) is 0 Å². The first-order valence-electron chi connectivity index (χ1n) is 4.19. The van der Waals surface area contributed by atoms with Crippen molar-refractivity contribution in [1.82, 2.24) is 0 Å². The predicted molar refractivity (Wildman–Crippen MR) is 55.5 cm³/mol. The van der Waals surface area contributed by atoms with Crippen LogP contribution in [0.3, 0.4) is 0 Å². The van der Waals surface area contributed by atoms with E-state index in [1.165, 1.54) is 7.11 Å². The van der Waals surface area contributed by atoms with E-state index in [9.17, 15) is 0 Å². The van der Waals surface area contributed by atoms with Crippen molar-refractivity contribution >= 4 is 17.5 Å². The third kappa shape index (κ3) is 2.64. The molecule has 1 rings (SSSR count). The van der Waals surface area contributed by atoms with Gasteiger partial charge in [0, 0.05) is 0 Å². The molecule has 0 aliphatic rings. The van der Waals surface area contributed by atoms with Crippen molar-refractivity contribution < 1.29 is 9.57 Å². The molecule has 1 radical (unpaired) electrons. The molecule has 0 saturated carbocycles. The van der Waals surface area contributed by atoms with Gasteiger partial charge >= 0.3 is 0 Å². The number of rotatable bonds is 3. The van der Waals surface area contributed by atoms with Gasteiger partial charge < -0.3 is 9.57 Å². The minimum absolute atomic E-state index is 0.355. The van der Waals surface area contributed by atoms with Gasteiger partial charge in [-0.25, -0.2) is 0 Å². The highest BCUT2D eigenvalue weighted by Crippen LogP contribution is 2.15. The van der Waals surface area contributed by atoms with Crippen molar-refractivity contribution in [3.63, 3.8) is 0 Å². The highest BCUT2D eigenvalue weighted by atomic mass is 35.5. The summed E-state index contributed by atoms with van der Waals surface area (Å²) in [5.74, 6) is 0.355. The number of halogens is 1. The lowest BCUT2D eigenvalue weighted by Crippen LogP contribution is -2.05. The maximum Gasteiger partial charge on any atom is 0.258 e. The highest BCUT2D eigenvalue weighted by molar-refractivity contribution is 6.33. The van der Waals surface area contributed by atoms with E-state index in [1.54, 1.807) is 18.2 Å². The number of ether oxygens (including phenoxy) is 1. The monoisotopic (exact) mass is 212 g/mol. The quantitative estimate of drug-likeness (QED) is 0.438. The number of hydrogen-bond acceptors (Lipinski definition) is 3. The molecule has 0 saturated heterocycles. The normalized spacial score (nSPS) is 11.2. The Morgan fingerprint density at radius 2 is 2.43 bits per heavy atom. The molecule has 75 valence electrons. The lowest BCUT2D eigenvalue weighted by atomic mass is 10.2. The molecule has 0 aliphatic carbocycles. The summed E-state index contributed by atoms with van der Waals surface area (Å²) in [6.07, 6.45) is 0. The van der Waals surface area contributed by atoms with Crippen molar-refractivity contribution in [2.24, 2.45) is 5.16 Å². The van der Waals surface area contributed by atoms with Crippen LogP contribution in [0.5, 0.6) is 0 Å². The first-order valence-corrected chi connectivity index (χ1v) is 4.57. The Kier molecular flexibility index (Phi) is 4.26. The molecule has 14 heavy (non-hydrogen) atoms. The summed E-state index contributed by atoms with van der Waals surface area (Å²) in [5, 5.41) is 4.34. The fourth-order valence-electron chi connectivity index (χ4n) is 0.895. The van der Waals surface area contributed by atoms with Gasteiger partial charge in [-0.05, 0) is 30.3 Å². The number of nitrogens with zero attached hydrogens (tertiary/aromatic N) is 1. The summed E-state index contributed by atoms with van der Waals surface area (Å²) in [6, 6.07) is 8.03. The Bertz CT molecular complexity index is 326. The average molecular weight is 213 g/mol. The summed E-state index contributed by atoms with van der Waals surface area (Å²) in [4.78, 5) is 4.89. The molecule has 4 heteroatoms. The molecule has 0 fully saturated rings. The summed E-state index contributed by atoms with van der Waals surface area (Å²) in [6.45, 7) is 2.33. The number of benzene rings is 1. The topological polar surface area (TPSA) is 30.8 Å². The summed E-state index contributed by atoms with van der Waals surface area (Å²) >= 11 is 5.94. The third-order valence-corrected chi connectivity index (χ3v) is 1.84. The second-order valence-electron chi connectivity index (χ2n) is 2.42. The third-order valence-electron chi connectivity index (χ3n) is 1.51. The van der Waals surface area contributed by atoms with E-state index in [0.29, 0.717) is 23.1 Å². The van der Waals surface area contributed by atoms with Crippen LogP contribution in [0, 0.1) is 6.07 Å². The van der Waals surface area contributed by atoms with Crippen LogP contribution in [-0.4, -0.2) is 19.6 Å². The van der Waals surface area contributed by atoms with Crippen molar-refractivity contribution in [2.75, 3.05) is 13.7 Å². The van der Waals surface area contributed by atoms with E-state index < -0.39 is 0 Å². The summed E-state index contributed by atoms with van der Waals surface area (Å²) in [5.41, 5.74) is 0.671. The SMILES string of the molecule is CCO/N=C(\OC)c1c[c]ccc1Cl. The largest absolute Gasteiger partial charge is 0.478 e. The maximum atomic E-state index is 5.94. The second-order valence-corrected chi connectivity index (χ2v) is 2.83. The van der Waals surface area contributed by atoms with E-state index in [2.05, 4.69) is 11.2 Å². The second kappa shape index (κ2) is 5.50. The van der Waals surface area contributed by atoms with Gasteiger partial charge in [0.25, 0.3) is 5.90 Å². The molecular formula is C10H11ClNO2. The number of hydrogen-bond donors (Lipinski definition) is 0. The summed E-state index contributed by atoms with van der Waals surface area (Å²) in [7, 11) is 1.52. The van der Waals surface area contributed by atoms with Crippen LogP contribution >= 0.6 is 11.6 Å². The van der Waals surface area contributed by atoms with E-state index in [-0.39, 0.29) is 0 Å². The highest BCUT2D eigenvalue weighted by Gasteiger charge is 2.07. The van der Waals surface area contributed by atoms with Crippen molar-refractivity contribution in [1.29, 1.82) is 0 Å². The minimum atomic E-state index is 0.355. The molecule has 1 aromatic rings. The smallest absolute Gasteiger partial charge is 0.258 e. The first kappa shape index (κ1) is 10.9. The molecule has 1 aromatic carbocycles. The molecule has 0 N–H and O–H groups in total. The lowest BCUT2D eigenvalue weighted by molar-refractivity contribution is 0.149. The zero-order valence-electron chi connectivity index (χ0n) is 8.08. The maximum absolute atomic E-state index is 5.94. The van der Waals surface area contributed by atoms with Crippen LogP contribution in [-0.2, 0) is 9.57 Å². The van der Waals surface area contributed by atoms with Gasteiger partial charge in [-0.15, -0.1) is 0 Å². The van der Waals surface area contributed by atoms with Crippen molar-refractivity contribution in [3.8, 4) is 0 Å². The van der Waals surface area contributed by atoms with E-state index in [1.807, 2.05) is 6.92 Å². The Morgan fingerprint density at radius 3 is 3.00 bits per heavy atom. The van der Waals surface area contributed by atoms with Crippen LogP contribution in [0.25, 0.3) is 0 Å². The lowest BCUT2D eigenvalue weighted by Gasteiger charge is -2.05. The minimum Gasteiger partial charge on any atom is -0.478 e. The van der Waals surface area contributed by atoms with Gasteiger partial charge in [-0.2, -0.15) is 0 Å². The van der Waals surface area contributed by atoms with Crippen LogP contribution < -0.4 is 0 Å². The van der Waals surface area contributed by atoms with Crippen LogP contribution in [0.1, 0.15) is 12.5 Å². The van der Waals surface area contributed by atoms with Gasteiger partial charge in [0.2, 0.25) is 0 Å². The zero-order chi connectivity index (χ0) is 10.4. The van der Waals surface area contributed by atoms with Gasteiger partial charge in [-0.3, -0.25) is 0 Å². The first-order chi connectivity index (χ1) is 6.79. The number of methoxy groups -OCH3 is 1. The molecule has 3 nitrogen and oxygen atoms in total. The molecular weight excluding hydrogens is 202 g/mol. The number of oxime groups is 1. The van der Waals surface area contributed by atoms with E-state index >= 15 is 0 Å². The molecule has 0 bridgehead atoms. The molecule has 0 amide bonds. The molecule has 0 atom stereocenters. The van der Waals surface area contributed by atoms with Crippen molar-refractivity contribution in [3.05, 3.63) is 34.9 Å². The summed E-state index contributed by atoms with van der Waals surface area (Å²) < 4.78 is 5.04. The zero-order valence-corrected chi connectivity index (χ0v) is 8.84. The Hall–Kier alpha value is -1.22. The molecule has 0 aliphatic heterocycles. The van der Waals surface area contributed by atoms with Crippen LogP contribution in [0.15, 0.2) is 23.4 Å². The molecule has 0 heterocycles. The van der Waals surface area contributed by atoms with Crippen LogP contribution in [0.4, 0.5) is 0 Å². The Balaban J connectivity index is 2.95.